The normalized spacial score (nSPS) is 10.5. The van der Waals surface area contributed by atoms with E-state index in [1.807, 2.05) is 0 Å². The van der Waals surface area contributed by atoms with Gasteiger partial charge in [-0.15, -0.1) is 5.10 Å². The first-order valence-electron chi connectivity index (χ1n) is 5.78. The van der Waals surface area contributed by atoms with Crippen molar-refractivity contribution in [3.05, 3.63) is 45.2 Å². The number of anilines is 1. The number of aromatic nitrogens is 3. The predicted octanol–water partition coefficient (Wildman–Crippen LogP) is 1.44. The van der Waals surface area contributed by atoms with Crippen LogP contribution in [0.3, 0.4) is 0 Å². The van der Waals surface area contributed by atoms with E-state index in [4.69, 9.17) is 16.7 Å². The molecule has 1 heterocycles. The highest BCUT2D eigenvalue weighted by Gasteiger charge is 2.09. The molecule has 20 heavy (non-hydrogen) atoms. The SMILES string of the molecule is O=[N+]([O-])c1ccc(NCc2cn(CCO)nn2)c(Cl)c1. The van der Waals surface area contributed by atoms with Crippen LogP contribution in [-0.2, 0) is 13.1 Å². The summed E-state index contributed by atoms with van der Waals surface area (Å²) < 4.78 is 1.52. The van der Waals surface area contributed by atoms with Crippen molar-refractivity contribution in [1.82, 2.24) is 15.0 Å². The molecule has 9 heteroatoms. The van der Waals surface area contributed by atoms with E-state index in [9.17, 15) is 10.1 Å². The van der Waals surface area contributed by atoms with Crippen molar-refractivity contribution >= 4 is 23.0 Å². The number of hydrogen-bond acceptors (Lipinski definition) is 6. The Morgan fingerprint density at radius 3 is 2.95 bits per heavy atom. The van der Waals surface area contributed by atoms with Gasteiger partial charge in [0.1, 0.15) is 5.69 Å². The number of aliphatic hydroxyl groups excluding tert-OH is 1. The van der Waals surface area contributed by atoms with Crippen LogP contribution < -0.4 is 5.32 Å². The molecule has 0 atom stereocenters. The number of non-ortho nitro benzene ring substituents is 1. The van der Waals surface area contributed by atoms with Crippen LogP contribution >= 0.6 is 11.6 Å². The summed E-state index contributed by atoms with van der Waals surface area (Å²) in [5, 5.41) is 30.4. The van der Waals surface area contributed by atoms with E-state index >= 15 is 0 Å². The molecule has 0 amide bonds. The first-order valence-corrected chi connectivity index (χ1v) is 6.15. The number of halogens is 1. The van der Waals surface area contributed by atoms with E-state index in [1.54, 1.807) is 12.3 Å². The summed E-state index contributed by atoms with van der Waals surface area (Å²) in [6.45, 7) is 0.749. The molecule has 0 fully saturated rings. The van der Waals surface area contributed by atoms with Crippen LogP contribution in [0.15, 0.2) is 24.4 Å². The molecule has 0 aliphatic carbocycles. The number of benzene rings is 1. The highest BCUT2D eigenvalue weighted by atomic mass is 35.5. The molecule has 0 unspecified atom stereocenters. The molecule has 8 nitrogen and oxygen atoms in total. The number of nitrogens with zero attached hydrogens (tertiary/aromatic N) is 4. The van der Waals surface area contributed by atoms with E-state index in [1.165, 1.54) is 16.8 Å². The summed E-state index contributed by atoms with van der Waals surface area (Å²) in [5.74, 6) is 0. The van der Waals surface area contributed by atoms with Crippen LogP contribution in [0.4, 0.5) is 11.4 Å². The number of nitrogens with one attached hydrogen (secondary N) is 1. The van der Waals surface area contributed by atoms with Crippen molar-refractivity contribution in [3.63, 3.8) is 0 Å². The third-order valence-electron chi connectivity index (χ3n) is 2.54. The minimum absolute atomic E-state index is 0.00951. The van der Waals surface area contributed by atoms with Gasteiger partial charge >= 0.3 is 0 Å². The number of nitro groups is 1. The zero-order valence-electron chi connectivity index (χ0n) is 10.4. The summed E-state index contributed by atoms with van der Waals surface area (Å²) in [7, 11) is 0. The van der Waals surface area contributed by atoms with Gasteiger partial charge in [-0.25, -0.2) is 4.68 Å². The maximum Gasteiger partial charge on any atom is 0.271 e. The Morgan fingerprint density at radius 1 is 1.50 bits per heavy atom. The van der Waals surface area contributed by atoms with E-state index < -0.39 is 4.92 Å². The van der Waals surface area contributed by atoms with Gasteiger partial charge in [-0.2, -0.15) is 0 Å². The van der Waals surface area contributed by atoms with Gasteiger partial charge in [0, 0.05) is 12.1 Å². The van der Waals surface area contributed by atoms with Crippen LogP contribution in [0.25, 0.3) is 0 Å². The lowest BCUT2D eigenvalue weighted by Gasteiger charge is -2.06. The molecular formula is C11H12ClN5O3. The summed E-state index contributed by atoms with van der Waals surface area (Å²) in [6, 6.07) is 4.20. The van der Waals surface area contributed by atoms with E-state index in [0.717, 1.165) is 0 Å². The summed E-state index contributed by atoms with van der Waals surface area (Å²) in [4.78, 5) is 10.1. The Balaban J connectivity index is 2.01. The average Bonchev–Trinajstić information content (AvgIpc) is 2.85. The Hall–Kier alpha value is -2.19. The number of aliphatic hydroxyl groups is 1. The molecule has 2 N–H and O–H groups in total. The van der Waals surface area contributed by atoms with Gasteiger partial charge < -0.3 is 10.4 Å². The highest BCUT2D eigenvalue weighted by molar-refractivity contribution is 6.33. The summed E-state index contributed by atoms with van der Waals surface area (Å²) >= 11 is 5.95. The second-order valence-electron chi connectivity index (χ2n) is 3.97. The monoisotopic (exact) mass is 297 g/mol. The molecule has 2 rings (SSSR count). The molecular weight excluding hydrogens is 286 g/mol. The molecule has 106 valence electrons. The fourth-order valence-electron chi connectivity index (χ4n) is 1.58. The van der Waals surface area contributed by atoms with Crippen LogP contribution in [-0.4, -0.2) is 31.6 Å². The number of nitro benzene ring substituents is 1. The fourth-order valence-corrected chi connectivity index (χ4v) is 1.82. The zero-order chi connectivity index (χ0) is 14.5. The minimum Gasteiger partial charge on any atom is -0.394 e. The number of rotatable bonds is 6. The molecule has 0 bridgehead atoms. The van der Waals surface area contributed by atoms with Gasteiger partial charge in [0.2, 0.25) is 0 Å². The van der Waals surface area contributed by atoms with Crippen LogP contribution in [0.2, 0.25) is 5.02 Å². The maximum absolute atomic E-state index is 10.6. The lowest BCUT2D eigenvalue weighted by molar-refractivity contribution is -0.384. The van der Waals surface area contributed by atoms with Gasteiger partial charge in [0.05, 0.1) is 41.5 Å². The average molecular weight is 298 g/mol. The Morgan fingerprint density at radius 2 is 2.30 bits per heavy atom. The lowest BCUT2D eigenvalue weighted by Crippen LogP contribution is -2.02. The summed E-state index contributed by atoms with van der Waals surface area (Å²) in [6.07, 6.45) is 1.70. The van der Waals surface area contributed by atoms with Crippen LogP contribution in [0, 0.1) is 10.1 Å². The second kappa shape index (κ2) is 6.31. The minimum atomic E-state index is -0.504. The van der Waals surface area contributed by atoms with E-state index in [-0.39, 0.29) is 17.3 Å². The quantitative estimate of drug-likeness (QED) is 0.617. The van der Waals surface area contributed by atoms with Crippen molar-refractivity contribution in [3.8, 4) is 0 Å². The van der Waals surface area contributed by atoms with Gasteiger partial charge in [-0.1, -0.05) is 16.8 Å². The fraction of sp³-hybridized carbons (Fsp3) is 0.273. The first-order chi connectivity index (χ1) is 9.60. The van der Waals surface area contributed by atoms with Gasteiger partial charge in [0.25, 0.3) is 5.69 Å². The zero-order valence-corrected chi connectivity index (χ0v) is 11.1. The molecule has 0 aliphatic rings. The van der Waals surface area contributed by atoms with Gasteiger partial charge in [-0.3, -0.25) is 10.1 Å². The Kier molecular flexibility index (Phi) is 4.49. The molecule has 0 saturated heterocycles. The third-order valence-corrected chi connectivity index (χ3v) is 2.85. The van der Waals surface area contributed by atoms with Crippen LogP contribution in [0.5, 0.6) is 0 Å². The smallest absolute Gasteiger partial charge is 0.271 e. The van der Waals surface area contributed by atoms with Crippen molar-refractivity contribution < 1.29 is 10.0 Å². The molecule has 1 aromatic heterocycles. The molecule has 0 spiro atoms. The van der Waals surface area contributed by atoms with Crippen molar-refractivity contribution in [2.75, 3.05) is 11.9 Å². The second-order valence-corrected chi connectivity index (χ2v) is 4.38. The molecule has 0 saturated carbocycles. The number of hydrogen-bond donors (Lipinski definition) is 2. The largest absolute Gasteiger partial charge is 0.394 e. The van der Waals surface area contributed by atoms with Crippen molar-refractivity contribution in [2.24, 2.45) is 0 Å². The predicted molar refractivity (Wildman–Crippen MR) is 72.5 cm³/mol. The Bertz CT molecular complexity index is 616. The topological polar surface area (TPSA) is 106 Å². The van der Waals surface area contributed by atoms with Crippen LogP contribution in [0.1, 0.15) is 5.69 Å². The molecule has 0 aliphatic heterocycles. The molecule has 2 aromatic rings. The Labute approximate surface area is 119 Å². The van der Waals surface area contributed by atoms with E-state index in [2.05, 4.69) is 15.6 Å². The maximum atomic E-state index is 10.6. The van der Waals surface area contributed by atoms with Gasteiger partial charge in [-0.05, 0) is 6.07 Å². The molecule has 1 aromatic carbocycles. The van der Waals surface area contributed by atoms with E-state index in [0.29, 0.717) is 24.5 Å². The van der Waals surface area contributed by atoms with Crippen molar-refractivity contribution in [1.29, 1.82) is 0 Å². The summed E-state index contributed by atoms with van der Waals surface area (Å²) in [5.41, 5.74) is 1.19. The molecule has 0 radical (unpaired) electrons. The first kappa shape index (κ1) is 14.2. The third kappa shape index (κ3) is 3.43. The van der Waals surface area contributed by atoms with Gasteiger partial charge in [0.15, 0.2) is 0 Å². The lowest BCUT2D eigenvalue weighted by atomic mass is 10.3. The van der Waals surface area contributed by atoms with Crippen molar-refractivity contribution in [2.45, 2.75) is 13.1 Å². The standard InChI is InChI=1S/C11H12ClN5O3/c12-10-5-9(17(19)20)1-2-11(10)13-6-8-7-16(3-4-18)15-14-8/h1-2,5,7,13,18H,3-4,6H2. The highest BCUT2D eigenvalue weighted by Crippen LogP contribution is 2.26.